The fraction of sp³-hybridized carbons (Fsp3) is 0.0600. The highest BCUT2D eigenvalue weighted by atomic mass is 15.1. The minimum absolute atomic E-state index is 0.154. The number of rotatable bonds is 4. The topological polar surface area (TPSA) is 17.8 Å². The largest absolute Gasteiger partial charge is 0.292 e. The van der Waals surface area contributed by atoms with Crippen LogP contribution >= 0.6 is 0 Å². The molecule has 10 aromatic rings. The molecule has 1 aliphatic rings. The standard InChI is InChI=1S/C50H34N2/c1-50(2)43-29-36(31-22-24-38(25-23-31)52-46-19-11-10-18-45(46)51-49(52)32-12-4-3-5-13-32)26-34-20-21-35-27-37(30-44(50)48(35)47(34)43)42-28-33-14-6-7-15-39(33)40-16-8-9-17-41(40)42/h3-30H,1-2H3. The zero-order valence-corrected chi connectivity index (χ0v) is 29.1. The van der Waals surface area contributed by atoms with Crippen LogP contribution in [0.4, 0.5) is 0 Å². The molecule has 0 fully saturated rings. The van der Waals surface area contributed by atoms with Gasteiger partial charge in [-0.25, -0.2) is 4.98 Å². The molecule has 1 aromatic heterocycles. The quantitative estimate of drug-likeness (QED) is 0.172. The molecule has 1 heterocycles. The molecule has 0 amide bonds. The normalized spacial score (nSPS) is 13.3. The van der Waals surface area contributed by atoms with Crippen molar-refractivity contribution < 1.29 is 0 Å². The first-order chi connectivity index (χ1) is 25.5. The summed E-state index contributed by atoms with van der Waals surface area (Å²) < 4.78 is 2.28. The van der Waals surface area contributed by atoms with E-state index >= 15 is 0 Å². The number of imidazole rings is 1. The second-order valence-electron chi connectivity index (χ2n) is 14.8. The van der Waals surface area contributed by atoms with Crippen molar-refractivity contribution in [3.63, 3.8) is 0 Å². The fourth-order valence-electron chi connectivity index (χ4n) is 8.95. The maximum Gasteiger partial charge on any atom is 0.145 e. The van der Waals surface area contributed by atoms with Crippen LogP contribution in [0.2, 0.25) is 0 Å². The highest BCUT2D eigenvalue weighted by Gasteiger charge is 2.35. The fourth-order valence-corrected chi connectivity index (χ4v) is 8.95. The van der Waals surface area contributed by atoms with Crippen LogP contribution in [-0.4, -0.2) is 9.55 Å². The Kier molecular flexibility index (Phi) is 6.04. The second kappa shape index (κ2) is 10.7. The number of para-hydroxylation sites is 2. The molecule has 0 spiro atoms. The van der Waals surface area contributed by atoms with Crippen molar-refractivity contribution in [3.05, 3.63) is 181 Å². The molecule has 0 aliphatic heterocycles. The molecule has 0 saturated heterocycles. The molecule has 0 atom stereocenters. The first kappa shape index (κ1) is 29.2. The van der Waals surface area contributed by atoms with Gasteiger partial charge in [-0.2, -0.15) is 0 Å². The van der Waals surface area contributed by atoms with Crippen LogP contribution < -0.4 is 0 Å². The maximum absolute atomic E-state index is 5.05. The third kappa shape index (κ3) is 4.15. The van der Waals surface area contributed by atoms with Gasteiger partial charge in [0.15, 0.2) is 0 Å². The smallest absolute Gasteiger partial charge is 0.145 e. The number of hydrogen-bond donors (Lipinski definition) is 0. The summed E-state index contributed by atoms with van der Waals surface area (Å²) in [6.45, 7) is 4.81. The highest BCUT2D eigenvalue weighted by molar-refractivity contribution is 6.18. The zero-order valence-electron chi connectivity index (χ0n) is 29.1. The van der Waals surface area contributed by atoms with Gasteiger partial charge in [-0.3, -0.25) is 4.57 Å². The Hall–Kier alpha value is -6.51. The van der Waals surface area contributed by atoms with Gasteiger partial charge < -0.3 is 0 Å². The zero-order chi connectivity index (χ0) is 34.6. The summed E-state index contributed by atoms with van der Waals surface area (Å²) in [4.78, 5) is 5.05. The summed E-state index contributed by atoms with van der Waals surface area (Å²) in [7, 11) is 0. The molecule has 0 N–H and O–H groups in total. The van der Waals surface area contributed by atoms with Crippen molar-refractivity contribution in [1.29, 1.82) is 0 Å². The van der Waals surface area contributed by atoms with E-state index in [1.165, 1.54) is 76.5 Å². The molecule has 0 radical (unpaired) electrons. The third-order valence-electron chi connectivity index (χ3n) is 11.5. The van der Waals surface area contributed by atoms with E-state index in [1.54, 1.807) is 0 Å². The van der Waals surface area contributed by atoms with Crippen molar-refractivity contribution in [2.75, 3.05) is 0 Å². The summed E-state index contributed by atoms with van der Waals surface area (Å²) in [6, 6.07) is 62.3. The van der Waals surface area contributed by atoms with Crippen LogP contribution in [-0.2, 0) is 5.41 Å². The molecule has 1 aliphatic carbocycles. The van der Waals surface area contributed by atoms with Crippen LogP contribution in [0.1, 0.15) is 25.0 Å². The van der Waals surface area contributed by atoms with Gasteiger partial charge in [-0.15, -0.1) is 0 Å². The van der Waals surface area contributed by atoms with Gasteiger partial charge in [0.25, 0.3) is 0 Å². The number of nitrogens with zero attached hydrogens (tertiary/aromatic N) is 2. The Morgan fingerprint density at radius 1 is 0.442 bits per heavy atom. The van der Waals surface area contributed by atoms with Crippen molar-refractivity contribution in [3.8, 4) is 39.3 Å². The van der Waals surface area contributed by atoms with Crippen LogP contribution in [0, 0.1) is 0 Å². The van der Waals surface area contributed by atoms with E-state index in [4.69, 9.17) is 4.98 Å². The van der Waals surface area contributed by atoms with E-state index in [1.807, 2.05) is 0 Å². The molecule has 52 heavy (non-hydrogen) atoms. The molecule has 244 valence electrons. The monoisotopic (exact) mass is 662 g/mol. The summed E-state index contributed by atoms with van der Waals surface area (Å²) in [5.41, 5.74) is 12.0. The summed E-state index contributed by atoms with van der Waals surface area (Å²) in [6.07, 6.45) is 0. The Bertz CT molecular complexity index is 3070. The van der Waals surface area contributed by atoms with Crippen molar-refractivity contribution in [2.24, 2.45) is 0 Å². The lowest BCUT2D eigenvalue weighted by Crippen LogP contribution is -2.15. The predicted molar refractivity (Wildman–Crippen MR) is 220 cm³/mol. The molecular formula is C50H34N2. The van der Waals surface area contributed by atoms with Crippen LogP contribution in [0.5, 0.6) is 0 Å². The van der Waals surface area contributed by atoms with Gasteiger partial charge in [0.05, 0.1) is 11.0 Å². The van der Waals surface area contributed by atoms with Crippen molar-refractivity contribution >= 4 is 54.1 Å². The number of fused-ring (bicyclic) bond motifs is 4. The first-order valence-electron chi connectivity index (χ1n) is 18.1. The van der Waals surface area contributed by atoms with Gasteiger partial charge in [-0.05, 0) is 131 Å². The van der Waals surface area contributed by atoms with Gasteiger partial charge in [0.1, 0.15) is 5.82 Å². The lowest BCUT2D eigenvalue weighted by molar-refractivity contribution is 0.663. The molecule has 11 rings (SSSR count). The molecule has 2 heteroatoms. The number of hydrogen-bond acceptors (Lipinski definition) is 1. The average molecular weight is 663 g/mol. The average Bonchev–Trinajstić information content (AvgIpc) is 3.70. The van der Waals surface area contributed by atoms with Crippen LogP contribution in [0.25, 0.3) is 93.5 Å². The summed E-state index contributed by atoms with van der Waals surface area (Å²) >= 11 is 0. The Morgan fingerprint density at radius 2 is 1.06 bits per heavy atom. The third-order valence-corrected chi connectivity index (χ3v) is 11.5. The number of benzene rings is 9. The summed E-state index contributed by atoms with van der Waals surface area (Å²) in [5.74, 6) is 0.952. The van der Waals surface area contributed by atoms with Gasteiger partial charge in [0, 0.05) is 16.7 Å². The van der Waals surface area contributed by atoms with E-state index in [-0.39, 0.29) is 5.41 Å². The Labute approximate surface area is 302 Å². The van der Waals surface area contributed by atoms with Crippen molar-refractivity contribution in [2.45, 2.75) is 19.3 Å². The molecular weight excluding hydrogens is 629 g/mol. The van der Waals surface area contributed by atoms with E-state index < -0.39 is 0 Å². The lowest BCUT2D eigenvalue weighted by atomic mass is 9.79. The lowest BCUT2D eigenvalue weighted by Gasteiger charge is -2.23. The first-order valence-corrected chi connectivity index (χ1v) is 18.1. The van der Waals surface area contributed by atoms with E-state index in [9.17, 15) is 0 Å². The molecule has 2 nitrogen and oxygen atoms in total. The predicted octanol–water partition coefficient (Wildman–Crippen LogP) is 13.3. The van der Waals surface area contributed by atoms with Crippen LogP contribution in [0.3, 0.4) is 0 Å². The summed E-state index contributed by atoms with van der Waals surface area (Å²) in [5, 5.41) is 10.6. The van der Waals surface area contributed by atoms with Gasteiger partial charge in [-0.1, -0.05) is 129 Å². The van der Waals surface area contributed by atoms with Gasteiger partial charge >= 0.3 is 0 Å². The highest BCUT2D eigenvalue weighted by Crippen LogP contribution is 2.52. The minimum Gasteiger partial charge on any atom is -0.292 e. The Morgan fingerprint density at radius 3 is 1.83 bits per heavy atom. The second-order valence-corrected chi connectivity index (χ2v) is 14.8. The Balaban J connectivity index is 1.03. The maximum atomic E-state index is 5.05. The van der Waals surface area contributed by atoms with Crippen molar-refractivity contribution in [1.82, 2.24) is 9.55 Å². The van der Waals surface area contributed by atoms with E-state index in [2.05, 4.69) is 188 Å². The van der Waals surface area contributed by atoms with Crippen LogP contribution in [0.15, 0.2) is 170 Å². The number of aromatic nitrogens is 2. The molecule has 9 aromatic carbocycles. The molecule has 0 bridgehead atoms. The van der Waals surface area contributed by atoms with E-state index in [0.29, 0.717) is 0 Å². The van der Waals surface area contributed by atoms with Gasteiger partial charge in [0.2, 0.25) is 0 Å². The SMILES string of the molecule is CC1(C)c2cc(-c3ccc(-n4c(-c5ccccc5)nc5ccccc54)cc3)cc3ccc4cc(-c5cc6ccccc6c6ccccc56)cc1c4c23. The minimum atomic E-state index is -0.154. The molecule has 0 saturated carbocycles. The molecule has 0 unspecified atom stereocenters. The van der Waals surface area contributed by atoms with E-state index in [0.717, 1.165) is 28.1 Å².